The molecule has 15 heavy (non-hydrogen) atoms. The molecule has 0 fully saturated rings. The molecule has 0 aromatic carbocycles. The van der Waals surface area contributed by atoms with Crippen LogP contribution >= 0.6 is 11.6 Å². The zero-order valence-corrected chi connectivity index (χ0v) is 8.73. The molecule has 0 N–H and O–H groups in total. The van der Waals surface area contributed by atoms with Crippen molar-refractivity contribution in [3.63, 3.8) is 0 Å². The van der Waals surface area contributed by atoms with Gasteiger partial charge < -0.3 is 4.74 Å². The topological polar surface area (TPSA) is 56.5 Å². The fourth-order valence-corrected chi connectivity index (χ4v) is 1.29. The Hall–Kier alpha value is -1.62. The maximum atomic E-state index is 11.3. The molecule has 0 bridgehead atoms. The van der Waals surface area contributed by atoms with Gasteiger partial charge in [-0.1, -0.05) is 11.6 Å². The number of fused-ring (bicyclic) bond motifs is 1. The molecule has 0 aliphatic rings. The summed E-state index contributed by atoms with van der Waals surface area (Å²) in [6, 6.07) is 3.29. The molecule has 78 valence electrons. The number of carbonyl (C=O) groups excluding carboxylic acids is 1. The van der Waals surface area contributed by atoms with Gasteiger partial charge in [-0.25, -0.2) is 14.3 Å². The van der Waals surface area contributed by atoms with Crippen LogP contribution in [0.5, 0.6) is 0 Å². The van der Waals surface area contributed by atoms with Crippen LogP contribution in [0.25, 0.3) is 5.65 Å². The van der Waals surface area contributed by atoms with Crippen LogP contribution in [0.1, 0.15) is 17.5 Å². The number of aromatic nitrogens is 3. The molecule has 0 spiro atoms. The largest absolute Gasteiger partial charge is 0.460 e. The van der Waals surface area contributed by atoms with E-state index in [1.807, 2.05) is 0 Å². The second-order valence-corrected chi connectivity index (χ2v) is 3.24. The summed E-state index contributed by atoms with van der Waals surface area (Å²) in [6.45, 7) is 2.03. The van der Waals surface area contributed by atoms with E-state index in [-0.39, 0.29) is 5.82 Å². The highest BCUT2D eigenvalue weighted by Crippen LogP contribution is 2.10. The fraction of sp³-hybridized carbons (Fsp3) is 0.222. The number of halogens is 1. The first-order valence-electron chi connectivity index (χ1n) is 4.39. The Labute approximate surface area is 90.6 Å². The van der Waals surface area contributed by atoms with Crippen molar-refractivity contribution in [3.05, 3.63) is 29.2 Å². The fourth-order valence-electron chi connectivity index (χ4n) is 1.14. The van der Waals surface area contributed by atoms with Crippen molar-refractivity contribution in [1.29, 1.82) is 0 Å². The van der Waals surface area contributed by atoms with Gasteiger partial charge in [0.05, 0.1) is 6.61 Å². The zero-order chi connectivity index (χ0) is 10.8. The third kappa shape index (κ3) is 1.92. The van der Waals surface area contributed by atoms with Crippen LogP contribution in [0.2, 0.25) is 5.02 Å². The Bertz CT molecular complexity index is 509. The van der Waals surface area contributed by atoms with Crippen LogP contribution < -0.4 is 0 Å². The molecular weight excluding hydrogens is 218 g/mol. The third-order valence-electron chi connectivity index (χ3n) is 1.76. The van der Waals surface area contributed by atoms with Crippen molar-refractivity contribution in [2.45, 2.75) is 6.92 Å². The Morgan fingerprint density at radius 1 is 1.67 bits per heavy atom. The lowest BCUT2D eigenvalue weighted by atomic mass is 10.5. The number of hydrogen-bond donors (Lipinski definition) is 0. The minimum atomic E-state index is -0.530. The number of carbonyl (C=O) groups is 1. The van der Waals surface area contributed by atoms with Crippen molar-refractivity contribution >= 4 is 23.2 Å². The number of esters is 1. The molecule has 2 heterocycles. The number of hydrogen-bond acceptors (Lipinski definition) is 4. The predicted molar refractivity (Wildman–Crippen MR) is 54.0 cm³/mol. The first-order chi connectivity index (χ1) is 7.20. The van der Waals surface area contributed by atoms with E-state index in [9.17, 15) is 4.79 Å². The first kappa shape index (κ1) is 9.92. The van der Waals surface area contributed by atoms with Gasteiger partial charge in [-0.3, -0.25) is 0 Å². The van der Waals surface area contributed by atoms with E-state index in [0.29, 0.717) is 17.3 Å². The summed E-state index contributed by atoms with van der Waals surface area (Å²) in [6.07, 6.45) is 1.63. The molecule has 2 aromatic rings. The van der Waals surface area contributed by atoms with Gasteiger partial charge in [0.1, 0.15) is 0 Å². The molecule has 0 saturated heterocycles. The highest BCUT2D eigenvalue weighted by Gasteiger charge is 2.13. The van der Waals surface area contributed by atoms with E-state index in [0.717, 1.165) is 0 Å². The van der Waals surface area contributed by atoms with Gasteiger partial charge in [0.2, 0.25) is 0 Å². The molecule has 0 aliphatic carbocycles. The Morgan fingerprint density at radius 3 is 3.20 bits per heavy atom. The van der Waals surface area contributed by atoms with Crippen LogP contribution in [0, 0.1) is 0 Å². The minimum Gasteiger partial charge on any atom is -0.460 e. The summed E-state index contributed by atoms with van der Waals surface area (Å²) in [5.41, 5.74) is 0.519. The molecule has 0 saturated carbocycles. The standard InChI is InChI=1S/C9H8ClN3O2/c1-2-15-9(14)8-11-7-5-6(10)3-4-13(7)12-8/h3-5H,2H2,1H3. The number of ether oxygens (including phenoxy) is 1. The van der Waals surface area contributed by atoms with Gasteiger partial charge in [-0.05, 0) is 13.0 Å². The Kier molecular flexibility index (Phi) is 2.55. The third-order valence-corrected chi connectivity index (χ3v) is 1.99. The van der Waals surface area contributed by atoms with Crippen LogP contribution in [0.3, 0.4) is 0 Å². The highest BCUT2D eigenvalue weighted by atomic mass is 35.5. The van der Waals surface area contributed by atoms with E-state index in [2.05, 4.69) is 10.1 Å². The van der Waals surface area contributed by atoms with Gasteiger partial charge >= 0.3 is 5.97 Å². The normalized spacial score (nSPS) is 10.5. The van der Waals surface area contributed by atoms with Crippen LogP contribution in [-0.4, -0.2) is 27.2 Å². The van der Waals surface area contributed by atoms with Crippen molar-refractivity contribution in [3.8, 4) is 0 Å². The van der Waals surface area contributed by atoms with E-state index < -0.39 is 5.97 Å². The maximum Gasteiger partial charge on any atom is 0.378 e. The van der Waals surface area contributed by atoms with Crippen LogP contribution in [0.15, 0.2) is 18.3 Å². The van der Waals surface area contributed by atoms with Gasteiger partial charge in [0.15, 0.2) is 5.65 Å². The molecule has 0 amide bonds. The van der Waals surface area contributed by atoms with Crippen LogP contribution in [-0.2, 0) is 4.74 Å². The van der Waals surface area contributed by atoms with E-state index in [1.165, 1.54) is 4.52 Å². The van der Waals surface area contributed by atoms with Crippen LogP contribution in [0.4, 0.5) is 0 Å². The van der Waals surface area contributed by atoms with Crippen molar-refractivity contribution in [2.24, 2.45) is 0 Å². The molecule has 0 unspecified atom stereocenters. The molecule has 0 aliphatic heterocycles. The molecule has 0 radical (unpaired) electrons. The molecule has 2 rings (SSSR count). The van der Waals surface area contributed by atoms with Gasteiger partial charge in [0.25, 0.3) is 5.82 Å². The summed E-state index contributed by atoms with van der Waals surface area (Å²) in [5.74, 6) is -0.489. The second-order valence-electron chi connectivity index (χ2n) is 2.80. The minimum absolute atomic E-state index is 0.0408. The highest BCUT2D eigenvalue weighted by molar-refractivity contribution is 6.30. The number of pyridine rings is 1. The lowest BCUT2D eigenvalue weighted by Gasteiger charge is -1.93. The monoisotopic (exact) mass is 225 g/mol. The van der Waals surface area contributed by atoms with Gasteiger partial charge in [-0.15, -0.1) is 5.10 Å². The Balaban J connectivity index is 2.42. The van der Waals surface area contributed by atoms with E-state index in [1.54, 1.807) is 25.3 Å². The quantitative estimate of drug-likeness (QED) is 0.728. The smallest absolute Gasteiger partial charge is 0.378 e. The predicted octanol–water partition coefficient (Wildman–Crippen LogP) is 1.56. The van der Waals surface area contributed by atoms with E-state index in [4.69, 9.17) is 16.3 Å². The summed E-state index contributed by atoms with van der Waals surface area (Å²) < 4.78 is 6.25. The molecule has 6 heteroatoms. The lowest BCUT2D eigenvalue weighted by Crippen LogP contribution is -2.06. The maximum absolute atomic E-state index is 11.3. The first-order valence-corrected chi connectivity index (χ1v) is 4.77. The summed E-state index contributed by atoms with van der Waals surface area (Å²) in [4.78, 5) is 15.3. The summed E-state index contributed by atoms with van der Waals surface area (Å²) in [7, 11) is 0. The number of nitrogens with zero attached hydrogens (tertiary/aromatic N) is 3. The number of rotatable bonds is 2. The average Bonchev–Trinajstić information content (AvgIpc) is 2.60. The van der Waals surface area contributed by atoms with Gasteiger partial charge in [0, 0.05) is 17.3 Å². The van der Waals surface area contributed by atoms with Crippen molar-refractivity contribution < 1.29 is 9.53 Å². The SMILES string of the molecule is CCOC(=O)c1nc2cc(Cl)ccn2n1. The second kappa shape index (κ2) is 3.86. The summed E-state index contributed by atoms with van der Waals surface area (Å²) in [5, 5.41) is 4.49. The average molecular weight is 226 g/mol. The molecule has 0 atom stereocenters. The van der Waals surface area contributed by atoms with Crippen molar-refractivity contribution in [1.82, 2.24) is 14.6 Å². The lowest BCUT2D eigenvalue weighted by molar-refractivity contribution is 0.0512. The zero-order valence-electron chi connectivity index (χ0n) is 7.98. The molecule has 2 aromatic heterocycles. The molecule has 5 nitrogen and oxygen atoms in total. The Morgan fingerprint density at radius 2 is 2.47 bits per heavy atom. The summed E-state index contributed by atoms with van der Waals surface area (Å²) >= 11 is 5.77. The van der Waals surface area contributed by atoms with Gasteiger partial charge in [-0.2, -0.15) is 0 Å². The molecular formula is C9H8ClN3O2. The van der Waals surface area contributed by atoms with Crippen molar-refractivity contribution in [2.75, 3.05) is 6.61 Å². The van der Waals surface area contributed by atoms with E-state index >= 15 is 0 Å².